The molecule has 4 aliphatic carbocycles. The maximum atomic E-state index is 10.5. The maximum Gasteiger partial charge on any atom is 0.200 e. The second-order valence-electron chi connectivity index (χ2n) is 19.8. The Morgan fingerprint density at radius 3 is 1.64 bits per heavy atom. The number of amides is 1. The number of aryl methyl sites for hydroxylation is 1. The van der Waals surface area contributed by atoms with Gasteiger partial charge in [0.1, 0.15) is 0 Å². The van der Waals surface area contributed by atoms with Crippen molar-refractivity contribution in [1.29, 1.82) is 0 Å². The Balaban J connectivity index is 0.000000169. The van der Waals surface area contributed by atoms with Gasteiger partial charge in [-0.05, 0) is 154 Å². The van der Waals surface area contributed by atoms with Crippen molar-refractivity contribution in [3.8, 4) is 11.9 Å². The number of fused-ring (bicyclic) bond motifs is 7. The molecule has 3 saturated heterocycles. The van der Waals surface area contributed by atoms with E-state index in [0.29, 0.717) is 54.6 Å². The third-order valence-electron chi connectivity index (χ3n) is 15.3. The Kier molecular flexibility index (Phi) is 28.1. The molecule has 1 amide bonds. The van der Waals surface area contributed by atoms with Gasteiger partial charge in [-0.3, -0.25) is 4.79 Å². The van der Waals surface area contributed by atoms with Gasteiger partial charge in [0.05, 0.1) is 0 Å². The molecule has 0 saturated carbocycles. The fourth-order valence-electron chi connectivity index (χ4n) is 11.1. The summed E-state index contributed by atoms with van der Waals surface area (Å²) in [6, 6.07) is 35.0. The van der Waals surface area contributed by atoms with Crippen LogP contribution in [0.2, 0.25) is 6.82 Å². The zero-order valence-corrected chi connectivity index (χ0v) is 47.3. The van der Waals surface area contributed by atoms with Crippen molar-refractivity contribution < 1.29 is 19.6 Å². The fourth-order valence-corrected chi connectivity index (χ4v) is 11.8. The average molecular weight is 1110 g/mol. The van der Waals surface area contributed by atoms with Crippen molar-refractivity contribution in [3.63, 3.8) is 0 Å². The Morgan fingerprint density at radius 1 is 0.684 bits per heavy atom. The van der Waals surface area contributed by atoms with E-state index in [-0.39, 0.29) is 12.5 Å². The molecule has 4 aromatic rings. The minimum absolute atomic E-state index is 0.238. The van der Waals surface area contributed by atoms with Crippen molar-refractivity contribution in [2.24, 2.45) is 0 Å². The Morgan fingerprint density at radius 2 is 1.17 bits per heavy atom. The van der Waals surface area contributed by atoms with Gasteiger partial charge < -0.3 is 30.7 Å². The van der Waals surface area contributed by atoms with E-state index in [1.165, 1.54) is 90.4 Å². The second-order valence-corrected chi connectivity index (χ2v) is 21.3. The molecular formula is C60H76B3Cl4N5O4. The van der Waals surface area contributed by atoms with Crippen LogP contribution < -0.4 is 16.0 Å². The van der Waals surface area contributed by atoms with E-state index in [4.69, 9.17) is 64.1 Å². The number of halogens is 4. The molecule has 7 aliphatic rings. The Labute approximate surface area is 476 Å². The molecular weight excluding hydrogens is 1030 g/mol. The molecule has 0 unspecified atom stereocenters. The Hall–Kier alpha value is -4.12. The van der Waals surface area contributed by atoms with Crippen LogP contribution in [0.1, 0.15) is 89.5 Å². The van der Waals surface area contributed by atoms with Gasteiger partial charge in [0.2, 0.25) is 7.85 Å². The third-order valence-corrected chi connectivity index (χ3v) is 16.0. The number of aliphatic hydroxyl groups is 1. The molecule has 2 radical (unpaired) electrons. The Bertz CT molecular complexity index is 2510. The second kappa shape index (κ2) is 34.0. The van der Waals surface area contributed by atoms with Gasteiger partial charge in [-0.25, -0.2) is 0 Å². The van der Waals surface area contributed by atoms with E-state index in [2.05, 4.69) is 154 Å². The van der Waals surface area contributed by atoms with Crippen molar-refractivity contribution in [2.75, 3.05) is 89.0 Å². The number of nitrogens with zero attached hydrogens (tertiary/aromatic N) is 2. The average Bonchev–Trinajstić information content (AvgIpc) is 4.26. The molecule has 5 N–H and O–H groups in total. The maximum absolute atomic E-state index is 10.5. The molecule has 11 rings (SSSR count). The normalized spacial score (nSPS) is 17.3. The summed E-state index contributed by atoms with van der Waals surface area (Å²) >= 11 is 21.4. The number of rotatable bonds is 9. The summed E-state index contributed by atoms with van der Waals surface area (Å²) in [5, 5.41) is 27.0. The van der Waals surface area contributed by atoms with Crippen LogP contribution in [0, 0.1) is 11.9 Å². The van der Waals surface area contributed by atoms with E-state index in [1.54, 1.807) is 22.5 Å². The molecule has 0 bridgehead atoms. The predicted octanol–water partition coefficient (Wildman–Crippen LogP) is 10.4. The summed E-state index contributed by atoms with van der Waals surface area (Å²) in [6.07, 6.45) is 26.3. The minimum atomic E-state index is -0.471. The van der Waals surface area contributed by atoms with Crippen LogP contribution >= 0.6 is 46.4 Å². The molecule has 3 aliphatic heterocycles. The summed E-state index contributed by atoms with van der Waals surface area (Å²) in [7, 11) is 4.99. The number of alkyl halides is 4. The minimum Gasteiger partial charge on any atom is -0.350 e. The topological polar surface area (TPSA) is 117 Å². The van der Waals surface area contributed by atoms with Crippen LogP contribution in [-0.2, 0) is 33.8 Å². The van der Waals surface area contributed by atoms with Gasteiger partial charge in [0.15, 0.2) is 5.81 Å². The van der Waals surface area contributed by atoms with Crippen molar-refractivity contribution >= 4 is 92.5 Å². The zero-order chi connectivity index (χ0) is 54.5. The van der Waals surface area contributed by atoms with Crippen LogP contribution in [0.3, 0.4) is 0 Å². The number of piperidine rings is 3. The molecule has 3 heterocycles. The number of carbonyl (C=O) groups excluding carboxylic acids is 1. The number of hydrogen-bond donors (Lipinski definition) is 5. The number of carbonyl (C=O) groups is 1. The van der Waals surface area contributed by atoms with Gasteiger partial charge in [-0.1, -0.05) is 134 Å². The quantitative estimate of drug-likeness (QED) is 0.0487. The molecule has 9 nitrogen and oxygen atoms in total. The number of allylic oxidation sites excluding steroid dienone is 3. The van der Waals surface area contributed by atoms with Gasteiger partial charge in [0, 0.05) is 60.5 Å². The number of hydrogen-bond acceptors (Lipinski definition) is 8. The number of nitrogens with one attached hydrogen (secondary N) is 3. The molecule has 0 aromatic heterocycles. The summed E-state index contributed by atoms with van der Waals surface area (Å²) in [5.41, 5.74) is 13.1. The predicted molar refractivity (Wildman–Crippen MR) is 323 cm³/mol. The summed E-state index contributed by atoms with van der Waals surface area (Å²) in [6.45, 7) is 11.2. The van der Waals surface area contributed by atoms with Crippen LogP contribution in [0.4, 0.5) is 4.79 Å². The number of aliphatic hydroxyl groups excluding tert-OH is 1. The molecule has 4 aromatic carbocycles. The molecule has 3 spiro atoms. The molecule has 402 valence electrons. The monoisotopic (exact) mass is 1100 g/mol. The summed E-state index contributed by atoms with van der Waals surface area (Å²) < 4.78 is 9.07. The van der Waals surface area contributed by atoms with Crippen molar-refractivity contribution in [2.45, 2.75) is 80.9 Å². The molecule has 3 fully saturated rings. The number of benzene rings is 4. The fraction of sp³-hybridized carbons (Fsp3) is 0.450. The van der Waals surface area contributed by atoms with E-state index in [9.17, 15) is 9.82 Å². The van der Waals surface area contributed by atoms with E-state index in [0.717, 1.165) is 58.5 Å². The smallest absolute Gasteiger partial charge is 0.200 e. The van der Waals surface area contributed by atoms with E-state index >= 15 is 0 Å². The van der Waals surface area contributed by atoms with E-state index < -0.39 is 5.81 Å². The van der Waals surface area contributed by atoms with Crippen LogP contribution in [-0.4, -0.2) is 137 Å². The van der Waals surface area contributed by atoms with Crippen molar-refractivity contribution in [1.82, 2.24) is 25.7 Å². The van der Waals surface area contributed by atoms with Crippen LogP contribution in [0.5, 0.6) is 0 Å². The zero-order valence-electron chi connectivity index (χ0n) is 44.3. The first-order valence-electron chi connectivity index (χ1n) is 26.9. The van der Waals surface area contributed by atoms with Crippen molar-refractivity contribution in [3.05, 3.63) is 160 Å². The third kappa shape index (κ3) is 18.5. The van der Waals surface area contributed by atoms with E-state index in [1.807, 2.05) is 6.82 Å². The van der Waals surface area contributed by atoms with Gasteiger partial charge in [0.25, 0.3) is 0 Å². The first kappa shape index (κ1) is 62.7. The molecule has 16 heteroatoms. The summed E-state index contributed by atoms with van der Waals surface area (Å²) in [5.74, 6) is 3.37. The van der Waals surface area contributed by atoms with Gasteiger partial charge in [-0.15, -0.1) is 46.4 Å². The SMILES string of the molecule is C1=CC2(CCNCC2)c2ccccc21.C1=Cc2ccccc2C1.CB(O)N1CCC2(C=Cc3ccccc32)CC1.ClCCNCCCl.O=BC#CO.[B]C(=O)N(CCCl)CCCl.c1ccc2c(c1)CCC21CCNCC1. The van der Waals surface area contributed by atoms with Gasteiger partial charge in [-0.2, -0.15) is 0 Å². The summed E-state index contributed by atoms with van der Waals surface area (Å²) in [4.78, 5) is 14.1. The first-order valence-corrected chi connectivity index (χ1v) is 29.0. The van der Waals surface area contributed by atoms with Gasteiger partial charge >= 0.3 is 35.9 Å². The van der Waals surface area contributed by atoms with Crippen LogP contribution in [0.25, 0.3) is 18.2 Å². The molecule has 0 atom stereocenters. The standard InChI is InChI=1S/C14H18BNO.C13H17N.C13H15N.C9H8.C5H8BCl2NO.C4H9Cl2N.C2HBO2/c1-15(17)16-10-8-14(9-11-16)7-6-12-4-2-3-5-13(12)14;2*1-2-4-12-11(3-1)5-6-13(12)7-9-14-10-8-13;1-2-5-9-7-3-6-8(9)4-1;6-5(10)9(3-1-7)4-2-8;5-1-3-7-4-2-6;4-2-1-3-5/h2-7,17H,8-11H2,1H3;1-4,14H,5-10H2;1-6,14H,7-10H2;1-6H,7H2;1-4H2;7H,1-4H2;4H. The largest absolute Gasteiger partial charge is 0.350 e. The van der Waals surface area contributed by atoms with Crippen LogP contribution in [0.15, 0.2) is 115 Å². The first-order chi connectivity index (χ1) is 37.0. The molecule has 76 heavy (non-hydrogen) atoms.